The molecule has 0 amide bonds. The molecule has 0 fully saturated rings. The second-order valence-electron chi connectivity index (χ2n) is 6.82. The molecule has 3 N–H and O–H groups in total. The Morgan fingerprint density at radius 3 is 2.89 bits per heavy atom. The molecule has 28 heavy (non-hydrogen) atoms. The van der Waals surface area contributed by atoms with Crippen molar-refractivity contribution in [2.24, 2.45) is 0 Å². The molecule has 0 saturated carbocycles. The average molecular weight is 368 g/mol. The van der Waals surface area contributed by atoms with E-state index in [2.05, 4.69) is 67.7 Å². The number of fused-ring (bicyclic) bond motifs is 2. The van der Waals surface area contributed by atoms with Gasteiger partial charge in [-0.1, -0.05) is 13.0 Å². The van der Waals surface area contributed by atoms with Gasteiger partial charge < -0.3 is 10.3 Å². The van der Waals surface area contributed by atoms with Crippen molar-refractivity contribution < 1.29 is 0 Å². The van der Waals surface area contributed by atoms with Gasteiger partial charge in [-0.2, -0.15) is 5.10 Å². The number of aromatic amines is 2. The van der Waals surface area contributed by atoms with Gasteiger partial charge >= 0.3 is 0 Å². The quantitative estimate of drug-likeness (QED) is 0.432. The van der Waals surface area contributed by atoms with Crippen LogP contribution in [-0.4, -0.2) is 31.7 Å². The molecule has 4 aromatic heterocycles. The fraction of sp³-hybridized carbons (Fsp3) is 0.136. The van der Waals surface area contributed by atoms with Crippen LogP contribution in [0.1, 0.15) is 12.5 Å². The molecule has 6 nitrogen and oxygen atoms in total. The summed E-state index contributed by atoms with van der Waals surface area (Å²) in [7, 11) is 0. The van der Waals surface area contributed by atoms with E-state index >= 15 is 0 Å². The van der Waals surface area contributed by atoms with Crippen molar-refractivity contribution in [3.8, 4) is 22.5 Å². The van der Waals surface area contributed by atoms with Gasteiger partial charge in [-0.05, 0) is 54.1 Å². The summed E-state index contributed by atoms with van der Waals surface area (Å²) in [4.78, 5) is 12.2. The molecule has 4 heterocycles. The summed E-state index contributed by atoms with van der Waals surface area (Å²) >= 11 is 0. The van der Waals surface area contributed by atoms with Crippen molar-refractivity contribution in [3.05, 3.63) is 66.6 Å². The first-order valence-corrected chi connectivity index (χ1v) is 9.39. The number of pyridine rings is 2. The van der Waals surface area contributed by atoms with Crippen LogP contribution in [-0.2, 0) is 6.54 Å². The monoisotopic (exact) mass is 368 g/mol. The van der Waals surface area contributed by atoms with Crippen LogP contribution in [0.25, 0.3) is 44.5 Å². The minimum Gasteiger partial charge on any atom is -0.338 e. The van der Waals surface area contributed by atoms with Crippen molar-refractivity contribution in [2.75, 3.05) is 6.54 Å². The Morgan fingerprint density at radius 2 is 2.00 bits per heavy atom. The Bertz CT molecular complexity index is 1230. The number of rotatable bonds is 5. The van der Waals surface area contributed by atoms with Crippen LogP contribution >= 0.6 is 0 Å². The topological polar surface area (TPSA) is 82.3 Å². The number of nitrogens with zero attached hydrogens (tertiary/aromatic N) is 3. The van der Waals surface area contributed by atoms with Crippen LogP contribution in [0.4, 0.5) is 0 Å². The Balaban J connectivity index is 1.58. The highest BCUT2D eigenvalue weighted by atomic mass is 15.1. The SMILES string of the molecule is CCNCc1cncc(-c2ccc3[nH]nc(-c4cc5cccnc5[nH]4)c3c2)c1. The van der Waals surface area contributed by atoms with Gasteiger partial charge in [0, 0.05) is 41.5 Å². The molecule has 0 aliphatic rings. The summed E-state index contributed by atoms with van der Waals surface area (Å²) in [5.74, 6) is 0. The van der Waals surface area contributed by atoms with Crippen molar-refractivity contribution in [1.29, 1.82) is 0 Å². The number of nitrogens with one attached hydrogen (secondary N) is 3. The summed E-state index contributed by atoms with van der Waals surface area (Å²) in [6.45, 7) is 3.86. The fourth-order valence-corrected chi connectivity index (χ4v) is 3.50. The number of H-pyrrole nitrogens is 2. The molecule has 0 aliphatic heterocycles. The van der Waals surface area contributed by atoms with Crippen LogP contribution in [0, 0.1) is 0 Å². The van der Waals surface area contributed by atoms with Gasteiger partial charge in [-0.3, -0.25) is 10.1 Å². The van der Waals surface area contributed by atoms with Crippen LogP contribution in [0.2, 0.25) is 0 Å². The minimum atomic E-state index is 0.818. The molecular weight excluding hydrogens is 348 g/mol. The lowest BCUT2D eigenvalue weighted by molar-refractivity contribution is 0.724. The van der Waals surface area contributed by atoms with Gasteiger partial charge in [0.05, 0.1) is 11.2 Å². The minimum absolute atomic E-state index is 0.818. The Morgan fingerprint density at radius 1 is 1.04 bits per heavy atom. The number of hydrogen-bond donors (Lipinski definition) is 3. The van der Waals surface area contributed by atoms with E-state index in [-0.39, 0.29) is 0 Å². The van der Waals surface area contributed by atoms with E-state index < -0.39 is 0 Å². The van der Waals surface area contributed by atoms with Gasteiger partial charge in [0.25, 0.3) is 0 Å². The molecular formula is C22H20N6. The average Bonchev–Trinajstić information content (AvgIpc) is 3.35. The van der Waals surface area contributed by atoms with Crippen molar-refractivity contribution in [1.82, 2.24) is 30.5 Å². The Hall–Kier alpha value is -3.51. The molecule has 0 spiro atoms. The molecule has 5 aromatic rings. The highest BCUT2D eigenvalue weighted by Crippen LogP contribution is 2.31. The first kappa shape index (κ1) is 16.6. The predicted molar refractivity (Wildman–Crippen MR) is 112 cm³/mol. The van der Waals surface area contributed by atoms with Crippen LogP contribution < -0.4 is 5.32 Å². The van der Waals surface area contributed by atoms with E-state index in [1.165, 1.54) is 5.56 Å². The van der Waals surface area contributed by atoms with Crippen LogP contribution in [0.15, 0.2) is 61.1 Å². The van der Waals surface area contributed by atoms with E-state index in [1.807, 2.05) is 24.5 Å². The van der Waals surface area contributed by atoms with E-state index in [9.17, 15) is 0 Å². The van der Waals surface area contributed by atoms with E-state index in [0.717, 1.165) is 57.5 Å². The largest absolute Gasteiger partial charge is 0.338 e. The zero-order chi connectivity index (χ0) is 18.9. The Kier molecular flexibility index (Phi) is 4.10. The molecule has 6 heteroatoms. The highest BCUT2D eigenvalue weighted by molar-refractivity contribution is 5.97. The third kappa shape index (κ3) is 2.93. The van der Waals surface area contributed by atoms with Gasteiger partial charge in [-0.15, -0.1) is 0 Å². The van der Waals surface area contributed by atoms with Crippen LogP contribution in [0.5, 0.6) is 0 Å². The fourth-order valence-electron chi connectivity index (χ4n) is 3.50. The zero-order valence-corrected chi connectivity index (χ0v) is 15.5. The van der Waals surface area contributed by atoms with E-state index in [4.69, 9.17) is 0 Å². The molecule has 0 unspecified atom stereocenters. The van der Waals surface area contributed by atoms with Crippen molar-refractivity contribution in [2.45, 2.75) is 13.5 Å². The number of aromatic nitrogens is 5. The van der Waals surface area contributed by atoms with Gasteiger partial charge in [0.1, 0.15) is 11.3 Å². The molecule has 0 saturated heterocycles. The summed E-state index contributed by atoms with van der Waals surface area (Å²) < 4.78 is 0. The Labute approximate surface area is 162 Å². The predicted octanol–water partition coefficient (Wildman–Crippen LogP) is 4.28. The van der Waals surface area contributed by atoms with Crippen molar-refractivity contribution in [3.63, 3.8) is 0 Å². The maximum absolute atomic E-state index is 4.54. The number of hydrogen-bond acceptors (Lipinski definition) is 4. The van der Waals surface area contributed by atoms with E-state index in [1.54, 1.807) is 6.20 Å². The number of benzene rings is 1. The summed E-state index contributed by atoms with van der Waals surface area (Å²) in [5.41, 5.74) is 7.11. The smallest absolute Gasteiger partial charge is 0.137 e. The maximum Gasteiger partial charge on any atom is 0.137 e. The lowest BCUT2D eigenvalue weighted by Gasteiger charge is -2.06. The van der Waals surface area contributed by atoms with Crippen molar-refractivity contribution >= 4 is 21.9 Å². The molecule has 138 valence electrons. The normalized spacial score (nSPS) is 11.5. The molecule has 0 aliphatic carbocycles. The second kappa shape index (κ2) is 6.90. The standard InChI is InChI=1S/C22H20N6/c1-2-23-11-14-8-17(13-24-12-14)15-5-6-19-18(9-15)21(28-27-19)20-10-16-4-3-7-25-22(16)26-20/h3-10,12-13,23H,2,11H2,1H3,(H,25,26)(H,27,28). The first-order chi connectivity index (χ1) is 13.8. The first-order valence-electron chi connectivity index (χ1n) is 9.39. The molecule has 5 rings (SSSR count). The highest BCUT2D eigenvalue weighted by Gasteiger charge is 2.12. The lowest BCUT2D eigenvalue weighted by atomic mass is 10.0. The summed E-state index contributed by atoms with van der Waals surface area (Å²) in [6.07, 6.45) is 5.60. The van der Waals surface area contributed by atoms with Gasteiger partial charge in [0.15, 0.2) is 0 Å². The maximum atomic E-state index is 4.54. The van der Waals surface area contributed by atoms with Gasteiger partial charge in [0.2, 0.25) is 0 Å². The third-order valence-corrected chi connectivity index (χ3v) is 4.92. The molecule has 0 atom stereocenters. The zero-order valence-electron chi connectivity index (χ0n) is 15.5. The molecule has 1 aromatic carbocycles. The molecule has 0 radical (unpaired) electrons. The second-order valence-corrected chi connectivity index (χ2v) is 6.82. The summed E-state index contributed by atoms with van der Waals surface area (Å²) in [5, 5.41) is 13.2. The third-order valence-electron chi connectivity index (χ3n) is 4.92. The van der Waals surface area contributed by atoms with E-state index in [0.29, 0.717) is 0 Å². The summed E-state index contributed by atoms with van der Waals surface area (Å²) in [6, 6.07) is 14.6. The molecule has 0 bridgehead atoms. The lowest BCUT2D eigenvalue weighted by Crippen LogP contribution is -2.11. The van der Waals surface area contributed by atoms with Gasteiger partial charge in [-0.25, -0.2) is 4.98 Å². The van der Waals surface area contributed by atoms with Crippen LogP contribution in [0.3, 0.4) is 0 Å².